The molecule has 0 spiro atoms. The van der Waals surface area contributed by atoms with E-state index in [1.54, 1.807) is 7.11 Å². The molecule has 0 saturated carbocycles. The summed E-state index contributed by atoms with van der Waals surface area (Å²) < 4.78 is 15.9. The number of carbonyl (C=O) groups is 1. The molecule has 0 heterocycles. The second-order valence-corrected chi connectivity index (χ2v) is 5.16. The van der Waals surface area contributed by atoms with Gasteiger partial charge < -0.3 is 19.5 Å². The van der Waals surface area contributed by atoms with Gasteiger partial charge in [0.15, 0.2) is 11.5 Å². The van der Waals surface area contributed by atoms with Crippen LogP contribution in [0.25, 0.3) is 0 Å². The second kappa shape index (κ2) is 10.3. The van der Waals surface area contributed by atoms with Crippen LogP contribution in [0.5, 0.6) is 11.5 Å². The number of nitrogens with one attached hydrogen (secondary N) is 1. The molecule has 0 aliphatic carbocycles. The number of ether oxygens (including phenoxy) is 3. The van der Waals surface area contributed by atoms with E-state index in [-0.39, 0.29) is 0 Å². The van der Waals surface area contributed by atoms with E-state index in [1.165, 1.54) is 0 Å². The third-order valence-corrected chi connectivity index (χ3v) is 3.05. The number of amides is 1. The highest BCUT2D eigenvalue weighted by atomic mass is 79.9. The first kappa shape index (κ1) is 17.6. The topological polar surface area (TPSA) is 56.8 Å². The molecule has 0 aliphatic heterocycles. The Balaban J connectivity index is 2.50. The van der Waals surface area contributed by atoms with Crippen molar-refractivity contribution >= 4 is 22.0 Å². The monoisotopic (exact) mass is 359 g/mol. The van der Waals surface area contributed by atoms with Gasteiger partial charge in [0.2, 0.25) is 0 Å². The van der Waals surface area contributed by atoms with Gasteiger partial charge in [0.1, 0.15) is 0 Å². The number of carbonyl (C=O) groups excluding carboxylic acids is 1. The summed E-state index contributed by atoms with van der Waals surface area (Å²) in [5.41, 5.74) is 0.922. The van der Waals surface area contributed by atoms with Crippen LogP contribution >= 0.6 is 15.9 Å². The fourth-order valence-corrected chi connectivity index (χ4v) is 1.79. The Kier molecular flexibility index (Phi) is 8.66. The lowest BCUT2D eigenvalue weighted by Crippen LogP contribution is -2.24. The van der Waals surface area contributed by atoms with Crippen molar-refractivity contribution in [2.45, 2.75) is 26.3 Å². The summed E-state index contributed by atoms with van der Waals surface area (Å²) in [6, 6.07) is 5.56. The van der Waals surface area contributed by atoms with Gasteiger partial charge in [0, 0.05) is 11.9 Å². The van der Waals surface area contributed by atoms with E-state index in [1.807, 2.05) is 25.1 Å². The van der Waals surface area contributed by atoms with Gasteiger partial charge in [-0.3, -0.25) is 0 Å². The first-order valence-corrected chi connectivity index (χ1v) is 8.09. The average molecular weight is 360 g/mol. The molecule has 0 bridgehead atoms. The Morgan fingerprint density at radius 2 is 2.10 bits per heavy atom. The fraction of sp³-hybridized carbons (Fsp3) is 0.533. The summed E-state index contributed by atoms with van der Waals surface area (Å²) in [5, 5.41) is 3.46. The molecule has 0 saturated heterocycles. The van der Waals surface area contributed by atoms with Gasteiger partial charge in [0.05, 0.1) is 20.3 Å². The molecule has 5 nitrogen and oxygen atoms in total. The number of alkyl halides is 1. The summed E-state index contributed by atoms with van der Waals surface area (Å²) >= 11 is 3.31. The van der Waals surface area contributed by atoms with Gasteiger partial charge in [-0.1, -0.05) is 35.3 Å². The van der Waals surface area contributed by atoms with Crippen LogP contribution in [0.3, 0.4) is 0 Å². The molecule has 0 unspecified atom stereocenters. The zero-order valence-corrected chi connectivity index (χ0v) is 14.1. The van der Waals surface area contributed by atoms with Crippen LogP contribution in [0, 0.1) is 0 Å². The molecule has 21 heavy (non-hydrogen) atoms. The molecule has 1 amide bonds. The predicted octanol–water partition coefficient (Wildman–Crippen LogP) is 3.50. The van der Waals surface area contributed by atoms with Crippen molar-refractivity contribution in [1.29, 1.82) is 0 Å². The van der Waals surface area contributed by atoms with Crippen molar-refractivity contribution < 1.29 is 19.0 Å². The third-order valence-electron chi connectivity index (χ3n) is 2.73. The van der Waals surface area contributed by atoms with Crippen LogP contribution in [-0.4, -0.2) is 31.7 Å². The zero-order valence-electron chi connectivity index (χ0n) is 12.5. The molecule has 1 aromatic rings. The van der Waals surface area contributed by atoms with E-state index in [4.69, 9.17) is 14.2 Å². The third kappa shape index (κ3) is 6.71. The SMILES string of the molecule is CCCCOC(=O)NCc1ccc(OCCBr)c(OC)c1. The first-order chi connectivity index (χ1) is 10.2. The molecule has 1 N–H and O–H groups in total. The van der Waals surface area contributed by atoms with E-state index in [9.17, 15) is 4.79 Å². The number of methoxy groups -OCH3 is 1. The number of hydrogen-bond acceptors (Lipinski definition) is 4. The smallest absolute Gasteiger partial charge is 0.407 e. The lowest BCUT2D eigenvalue weighted by Gasteiger charge is -2.12. The molecule has 0 fully saturated rings. The maximum Gasteiger partial charge on any atom is 0.407 e. The molecular weight excluding hydrogens is 338 g/mol. The lowest BCUT2D eigenvalue weighted by molar-refractivity contribution is 0.144. The van der Waals surface area contributed by atoms with Crippen molar-refractivity contribution in [2.75, 3.05) is 25.7 Å². The standard InChI is InChI=1S/C15H22BrNO4/c1-3-4-8-21-15(18)17-11-12-5-6-13(20-9-7-16)14(10-12)19-2/h5-6,10H,3-4,7-9,11H2,1-2H3,(H,17,18). The van der Waals surface area contributed by atoms with Gasteiger partial charge in [-0.2, -0.15) is 0 Å². The lowest BCUT2D eigenvalue weighted by atomic mass is 10.2. The van der Waals surface area contributed by atoms with Gasteiger partial charge in [-0.25, -0.2) is 4.79 Å². The summed E-state index contributed by atoms with van der Waals surface area (Å²) in [4.78, 5) is 11.5. The maximum atomic E-state index is 11.5. The number of halogens is 1. The van der Waals surface area contributed by atoms with Crippen LogP contribution in [0.1, 0.15) is 25.3 Å². The number of alkyl carbamates (subject to hydrolysis) is 1. The minimum Gasteiger partial charge on any atom is -0.493 e. The molecule has 6 heteroatoms. The Labute approximate surface area is 134 Å². The summed E-state index contributed by atoms with van der Waals surface area (Å²) in [6.07, 6.45) is 1.48. The normalized spacial score (nSPS) is 10.0. The Hall–Kier alpha value is -1.43. The highest BCUT2D eigenvalue weighted by Crippen LogP contribution is 2.28. The highest BCUT2D eigenvalue weighted by Gasteiger charge is 2.07. The fourth-order valence-electron chi connectivity index (χ4n) is 1.62. The highest BCUT2D eigenvalue weighted by molar-refractivity contribution is 9.09. The molecule has 118 valence electrons. The average Bonchev–Trinajstić information content (AvgIpc) is 2.51. The van der Waals surface area contributed by atoms with Gasteiger partial charge in [0.25, 0.3) is 0 Å². The van der Waals surface area contributed by atoms with Crippen LogP contribution in [0.2, 0.25) is 0 Å². The summed E-state index contributed by atoms with van der Waals surface area (Å²) in [7, 11) is 1.59. The van der Waals surface area contributed by atoms with Gasteiger partial charge >= 0.3 is 6.09 Å². The Morgan fingerprint density at radius 3 is 2.76 bits per heavy atom. The molecule has 1 aromatic carbocycles. The second-order valence-electron chi connectivity index (χ2n) is 4.37. The first-order valence-electron chi connectivity index (χ1n) is 6.97. The van der Waals surface area contributed by atoms with Gasteiger partial charge in [-0.05, 0) is 24.1 Å². The van der Waals surface area contributed by atoms with E-state index in [2.05, 4.69) is 21.2 Å². The number of unbranched alkanes of at least 4 members (excludes halogenated alkanes) is 1. The van der Waals surface area contributed by atoms with E-state index in [0.29, 0.717) is 31.3 Å². The number of benzene rings is 1. The predicted molar refractivity (Wildman–Crippen MR) is 85.4 cm³/mol. The largest absolute Gasteiger partial charge is 0.493 e. The van der Waals surface area contributed by atoms with E-state index >= 15 is 0 Å². The molecular formula is C15H22BrNO4. The molecule has 0 aromatic heterocycles. The number of rotatable bonds is 9. The van der Waals surface area contributed by atoms with Crippen molar-refractivity contribution in [3.05, 3.63) is 23.8 Å². The van der Waals surface area contributed by atoms with Crippen molar-refractivity contribution in [3.63, 3.8) is 0 Å². The van der Waals surface area contributed by atoms with Crippen molar-refractivity contribution in [1.82, 2.24) is 5.32 Å². The van der Waals surface area contributed by atoms with Gasteiger partial charge in [-0.15, -0.1) is 0 Å². The number of hydrogen-bond donors (Lipinski definition) is 1. The minimum atomic E-state index is -0.401. The molecule has 0 atom stereocenters. The van der Waals surface area contributed by atoms with Crippen LogP contribution in [0.4, 0.5) is 4.79 Å². The summed E-state index contributed by atoms with van der Waals surface area (Å²) in [6.45, 7) is 3.45. The molecule has 1 rings (SSSR count). The zero-order chi connectivity index (χ0) is 15.5. The van der Waals surface area contributed by atoms with Crippen LogP contribution < -0.4 is 14.8 Å². The van der Waals surface area contributed by atoms with Crippen LogP contribution in [0.15, 0.2) is 18.2 Å². The van der Waals surface area contributed by atoms with Crippen molar-refractivity contribution in [2.24, 2.45) is 0 Å². The van der Waals surface area contributed by atoms with Crippen LogP contribution in [-0.2, 0) is 11.3 Å². The van der Waals surface area contributed by atoms with E-state index in [0.717, 1.165) is 23.7 Å². The maximum absolute atomic E-state index is 11.5. The van der Waals surface area contributed by atoms with E-state index < -0.39 is 6.09 Å². The Bertz CT molecular complexity index is 440. The Morgan fingerprint density at radius 1 is 1.29 bits per heavy atom. The quantitative estimate of drug-likeness (QED) is 0.541. The molecule has 0 aliphatic rings. The minimum absolute atomic E-state index is 0.389. The summed E-state index contributed by atoms with van der Waals surface area (Å²) in [5.74, 6) is 1.33. The molecule has 0 radical (unpaired) electrons. The van der Waals surface area contributed by atoms with Crippen molar-refractivity contribution in [3.8, 4) is 11.5 Å².